The van der Waals surface area contributed by atoms with Gasteiger partial charge in [-0.25, -0.2) is 9.37 Å². The predicted octanol–water partition coefficient (Wildman–Crippen LogP) is 5.79. The van der Waals surface area contributed by atoms with Gasteiger partial charge < -0.3 is 10.1 Å². The predicted molar refractivity (Wildman–Crippen MR) is 105 cm³/mol. The Morgan fingerprint density at radius 2 is 1.85 bits per heavy atom. The van der Waals surface area contributed by atoms with E-state index in [-0.39, 0.29) is 11.7 Å². The van der Waals surface area contributed by atoms with Gasteiger partial charge in [0.15, 0.2) is 0 Å². The molecule has 6 heteroatoms. The van der Waals surface area contributed by atoms with Gasteiger partial charge in [0.1, 0.15) is 22.1 Å². The van der Waals surface area contributed by atoms with Crippen LogP contribution in [-0.4, -0.2) is 10.9 Å². The Bertz CT molecular complexity index is 1140. The number of hydrogen-bond acceptors (Lipinski definition) is 4. The molecular formula is C21H15FN2O2S. The summed E-state index contributed by atoms with van der Waals surface area (Å²) in [7, 11) is 0. The molecule has 0 radical (unpaired) electrons. The van der Waals surface area contributed by atoms with E-state index in [4.69, 9.17) is 4.74 Å². The lowest BCUT2D eigenvalue weighted by molar-refractivity contribution is 0.103. The van der Waals surface area contributed by atoms with E-state index in [1.54, 1.807) is 42.6 Å². The van der Waals surface area contributed by atoms with Gasteiger partial charge >= 0.3 is 0 Å². The van der Waals surface area contributed by atoms with Gasteiger partial charge in [-0.05, 0) is 42.8 Å². The number of aryl methyl sites for hydroxylation is 1. The molecule has 2 aromatic carbocycles. The summed E-state index contributed by atoms with van der Waals surface area (Å²) in [5, 5.41) is 3.87. The molecule has 0 spiro atoms. The van der Waals surface area contributed by atoms with Gasteiger partial charge in [0, 0.05) is 29.4 Å². The van der Waals surface area contributed by atoms with Crippen molar-refractivity contribution in [2.75, 3.05) is 5.32 Å². The first-order valence-electron chi connectivity index (χ1n) is 8.29. The number of halogens is 1. The van der Waals surface area contributed by atoms with Gasteiger partial charge in [-0.1, -0.05) is 18.2 Å². The minimum atomic E-state index is -0.370. The van der Waals surface area contributed by atoms with Crippen LogP contribution in [0.5, 0.6) is 11.5 Å². The second-order valence-corrected chi connectivity index (χ2v) is 6.95. The van der Waals surface area contributed by atoms with Crippen LogP contribution >= 0.6 is 11.3 Å². The molecule has 4 nitrogen and oxygen atoms in total. The summed E-state index contributed by atoms with van der Waals surface area (Å²) in [5.41, 5.74) is 1.51. The zero-order chi connectivity index (χ0) is 18.8. The Kier molecular flexibility index (Phi) is 4.56. The summed E-state index contributed by atoms with van der Waals surface area (Å²) in [5.74, 6) is 0.335. The average molecular weight is 378 g/mol. The molecule has 0 saturated carbocycles. The maximum Gasteiger partial charge on any atom is 0.266 e. The highest BCUT2D eigenvalue weighted by Gasteiger charge is 2.16. The van der Waals surface area contributed by atoms with Crippen molar-refractivity contribution in [1.82, 2.24) is 4.98 Å². The zero-order valence-corrected chi connectivity index (χ0v) is 15.2. The standard InChI is InChI=1S/C21H15FN2O2S/c1-13-18-9-4-10-23-21(18)27-19(13)20(25)24-15-6-3-8-17(12-15)26-16-7-2-5-14(22)11-16/h2-12H,1H3,(H,24,25). The van der Waals surface area contributed by atoms with Gasteiger partial charge in [0.2, 0.25) is 0 Å². The number of thiophene rings is 1. The number of rotatable bonds is 4. The van der Waals surface area contributed by atoms with Crippen molar-refractivity contribution in [2.24, 2.45) is 0 Å². The minimum Gasteiger partial charge on any atom is -0.457 e. The van der Waals surface area contributed by atoms with Crippen LogP contribution in [0.15, 0.2) is 66.9 Å². The summed E-state index contributed by atoms with van der Waals surface area (Å²) in [4.78, 5) is 18.5. The SMILES string of the molecule is Cc1c(C(=O)Nc2cccc(Oc3cccc(F)c3)c2)sc2ncccc12. The Labute approximate surface area is 159 Å². The van der Waals surface area contributed by atoms with Crippen molar-refractivity contribution in [3.8, 4) is 11.5 Å². The molecule has 0 aliphatic heterocycles. The van der Waals surface area contributed by atoms with Crippen LogP contribution in [0.25, 0.3) is 10.2 Å². The Hall–Kier alpha value is -3.25. The molecule has 2 aromatic heterocycles. The fourth-order valence-corrected chi connectivity index (χ4v) is 3.81. The number of benzene rings is 2. The van der Waals surface area contributed by atoms with Crippen LogP contribution in [-0.2, 0) is 0 Å². The largest absolute Gasteiger partial charge is 0.457 e. The van der Waals surface area contributed by atoms with E-state index in [9.17, 15) is 9.18 Å². The van der Waals surface area contributed by atoms with Gasteiger partial charge in [0.05, 0.1) is 4.88 Å². The summed E-state index contributed by atoms with van der Waals surface area (Å²) in [6, 6.07) is 16.7. The van der Waals surface area contributed by atoms with Gasteiger partial charge in [0.25, 0.3) is 5.91 Å². The second kappa shape index (κ2) is 7.17. The average Bonchev–Trinajstić information content (AvgIpc) is 2.99. The Morgan fingerprint density at radius 3 is 2.63 bits per heavy atom. The maximum absolute atomic E-state index is 13.3. The minimum absolute atomic E-state index is 0.196. The van der Waals surface area contributed by atoms with E-state index < -0.39 is 0 Å². The Morgan fingerprint density at radius 1 is 1.07 bits per heavy atom. The van der Waals surface area contributed by atoms with E-state index in [0.717, 1.165) is 15.8 Å². The van der Waals surface area contributed by atoms with E-state index in [1.807, 2.05) is 19.1 Å². The van der Waals surface area contributed by atoms with Crippen molar-refractivity contribution < 1.29 is 13.9 Å². The third-order valence-corrected chi connectivity index (χ3v) is 5.26. The third-order valence-electron chi connectivity index (χ3n) is 4.04. The van der Waals surface area contributed by atoms with Crippen molar-refractivity contribution in [3.63, 3.8) is 0 Å². The Balaban J connectivity index is 1.55. The number of hydrogen-bond donors (Lipinski definition) is 1. The summed E-state index contributed by atoms with van der Waals surface area (Å²) >= 11 is 1.36. The second-order valence-electron chi connectivity index (χ2n) is 5.95. The number of aromatic nitrogens is 1. The van der Waals surface area contributed by atoms with E-state index >= 15 is 0 Å². The van der Waals surface area contributed by atoms with E-state index in [0.29, 0.717) is 22.1 Å². The van der Waals surface area contributed by atoms with Crippen molar-refractivity contribution in [1.29, 1.82) is 0 Å². The summed E-state index contributed by atoms with van der Waals surface area (Å²) < 4.78 is 19.0. The lowest BCUT2D eigenvalue weighted by atomic mass is 10.2. The number of amides is 1. The van der Waals surface area contributed by atoms with Crippen molar-refractivity contribution >= 4 is 33.1 Å². The first kappa shape index (κ1) is 17.2. The molecule has 1 N–H and O–H groups in total. The number of nitrogens with zero attached hydrogens (tertiary/aromatic N) is 1. The molecule has 1 amide bonds. The van der Waals surface area contributed by atoms with Crippen LogP contribution in [0.1, 0.15) is 15.2 Å². The molecule has 2 heterocycles. The molecule has 27 heavy (non-hydrogen) atoms. The van der Waals surface area contributed by atoms with E-state index in [1.165, 1.54) is 23.5 Å². The number of ether oxygens (including phenoxy) is 1. The molecule has 0 aliphatic rings. The van der Waals surface area contributed by atoms with E-state index in [2.05, 4.69) is 10.3 Å². The van der Waals surface area contributed by atoms with Crippen LogP contribution in [0.3, 0.4) is 0 Å². The highest BCUT2D eigenvalue weighted by molar-refractivity contribution is 7.20. The van der Waals surface area contributed by atoms with Crippen molar-refractivity contribution in [3.05, 3.63) is 83.1 Å². The summed E-state index contributed by atoms with van der Waals surface area (Å²) in [6.45, 7) is 1.92. The zero-order valence-electron chi connectivity index (χ0n) is 14.4. The maximum atomic E-state index is 13.3. The topological polar surface area (TPSA) is 51.2 Å². The first-order chi connectivity index (χ1) is 13.1. The molecule has 0 atom stereocenters. The molecule has 134 valence electrons. The molecule has 0 aliphatic carbocycles. The smallest absolute Gasteiger partial charge is 0.266 e. The van der Waals surface area contributed by atoms with Crippen molar-refractivity contribution in [2.45, 2.75) is 6.92 Å². The number of carbonyl (C=O) groups excluding carboxylic acids is 1. The highest BCUT2D eigenvalue weighted by Crippen LogP contribution is 2.30. The molecule has 4 rings (SSSR count). The fraction of sp³-hybridized carbons (Fsp3) is 0.0476. The van der Waals surface area contributed by atoms with Crippen LogP contribution in [0.2, 0.25) is 0 Å². The summed E-state index contributed by atoms with van der Waals surface area (Å²) in [6.07, 6.45) is 1.72. The number of fused-ring (bicyclic) bond motifs is 1. The number of carbonyl (C=O) groups is 1. The monoisotopic (exact) mass is 378 g/mol. The fourth-order valence-electron chi connectivity index (χ4n) is 2.76. The molecule has 0 bridgehead atoms. The molecule has 4 aromatic rings. The molecule has 0 unspecified atom stereocenters. The number of nitrogens with one attached hydrogen (secondary N) is 1. The van der Waals surface area contributed by atoms with Gasteiger partial charge in [-0.2, -0.15) is 0 Å². The van der Waals surface area contributed by atoms with Crippen LogP contribution in [0, 0.1) is 12.7 Å². The quantitative estimate of drug-likeness (QED) is 0.489. The molecule has 0 fully saturated rings. The normalized spacial score (nSPS) is 10.7. The lowest BCUT2D eigenvalue weighted by Crippen LogP contribution is -2.11. The highest BCUT2D eigenvalue weighted by atomic mass is 32.1. The van der Waals surface area contributed by atoms with Crippen LogP contribution in [0.4, 0.5) is 10.1 Å². The van der Waals surface area contributed by atoms with Crippen LogP contribution < -0.4 is 10.1 Å². The van der Waals surface area contributed by atoms with Gasteiger partial charge in [-0.3, -0.25) is 4.79 Å². The molecular weight excluding hydrogens is 363 g/mol. The number of pyridine rings is 1. The first-order valence-corrected chi connectivity index (χ1v) is 9.11. The lowest BCUT2D eigenvalue weighted by Gasteiger charge is -2.09. The number of anilines is 1. The van der Waals surface area contributed by atoms with Gasteiger partial charge in [-0.15, -0.1) is 11.3 Å². The molecule has 0 saturated heterocycles. The third kappa shape index (κ3) is 3.66.